The monoisotopic (exact) mass is 744 g/mol. The molecule has 0 radical (unpaired) electrons. The average Bonchev–Trinajstić information content (AvgIpc) is 3.19. The summed E-state index contributed by atoms with van der Waals surface area (Å²) < 4.78 is 2.23. The third kappa shape index (κ3) is 12.1. The second kappa shape index (κ2) is 20.7. The molecule has 0 aliphatic carbocycles. The van der Waals surface area contributed by atoms with Crippen LogP contribution in [-0.4, -0.2) is 29.9 Å². The van der Waals surface area contributed by atoms with Crippen molar-refractivity contribution >= 4 is 12.2 Å². The van der Waals surface area contributed by atoms with Gasteiger partial charge in [-0.05, 0) is 96.4 Å². The van der Waals surface area contributed by atoms with Crippen LogP contribution in [0.5, 0.6) is 0 Å². The molecule has 0 saturated heterocycles. The van der Waals surface area contributed by atoms with Gasteiger partial charge in [-0.1, -0.05) is 49.8 Å². The number of hydrogen-bond acceptors (Lipinski definition) is 6. The van der Waals surface area contributed by atoms with Crippen LogP contribution < -0.4 is 4.57 Å². The van der Waals surface area contributed by atoms with E-state index in [4.69, 9.17) is 0 Å². The van der Waals surface area contributed by atoms with Crippen molar-refractivity contribution in [3.8, 4) is 34.2 Å². The van der Waals surface area contributed by atoms with E-state index >= 15 is 0 Å². The van der Waals surface area contributed by atoms with E-state index in [2.05, 4.69) is 97.1 Å². The standard InChI is InChI=1S/C22H24N3.2C10H8N2.Ru/c1-3-4-13-25-14-9-19(10-15-25)5-6-20-8-12-24-22(17-20)21-16-18(2)7-11-23-21;2*1-3-7-11-9(5-1)10-6-2-4-8-12-10;/h5-12,14-17H,3-4,13H2,1-2H3;2*1-8H;/q+1;;;/b6-5+;;;. The van der Waals surface area contributed by atoms with Gasteiger partial charge in [0.1, 0.15) is 6.54 Å². The zero-order valence-electron chi connectivity index (χ0n) is 28.3. The van der Waals surface area contributed by atoms with Gasteiger partial charge in [0.05, 0.1) is 34.2 Å². The Morgan fingerprint density at radius 3 is 1.36 bits per heavy atom. The molecule has 8 heteroatoms. The van der Waals surface area contributed by atoms with Crippen molar-refractivity contribution in [1.29, 1.82) is 0 Å². The van der Waals surface area contributed by atoms with Gasteiger partial charge >= 0.3 is 0 Å². The van der Waals surface area contributed by atoms with E-state index in [9.17, 15) is 0 Å². The van der Waals surface area contributed by atoms with Crippen LogP contribution in [0, 0.1) is 6.92 Å². The summed E-state index contributed by atoms with van der Waals surface area (Å²) in [5.41, 5.74) is 8.97. The molecule has 0 bridgehead atoms. The van der Waals surface area contributed by atoms with Crippen molar-refractivity contribution < 1.29 is 24.0 Å². The molecule has 0 fully saturated rings. The number of nitrogens with zero attached hydrogens (tertiary/aromatic N) is 7. The SMILES string of the molecule is CCCC[n+]1ccc(/C=C/c2ccnc(-c3cc(C)ccn3)c2)cc1.[Ru].c1ccc(-c2ccccn2)nc1.c1ccc(-c2ccccn2)nc1. The molecule has 7 nitrogen and oxygen atoms in total. The Bertz CT molecular complexity index is 1840. The fourth-order valence-electron chi connectivity index (χ4n) is 4.69. The molecule has 0 aromatic carbocycles. The van der Waals surface area contributed by atoms with E-state index in [-0.39, 0.29) is 19.5 Å². The first-order valence-corrected chi connectivity index (χ1v) is 16.4. The summed E-state index contributed by atoms with van der Waals surface area (Å²) in [5, 5.41) is 0. The summed E-state index contributed by atoms with van der Waals surface area (Å²) in [7, 11) is 0. The van der Waals surface area contributed by atoms with Crippen LogP contribution >= 0.6 is 0 Å². The van der Waals surface area contributed by atoms with Crippen molar-refractivity contribution in [1.82, 2.24) is 29.9 Å². The number of rotatable bonds is 8. The van der Waals surface area contributed by atoms with Gasteiger partial charge < -0.3 is 0 Å². The van der Waals surface area contributed by atoms with E-state index in [1.54, 1.807) is 24.8 Å². The Kier molecular flexibility index (Phi) is 15.4. The molecular formula is C42H40N7Ru+. The van der Waals surface area contributed by atoms with Gasteiger partial charge in [0.2, 0.25) is 0 Å². The first-order chi connectivity index (χ1) is 24.2. The van der Waals surface area contributed by atoms with Crippen molar-refractivity contribution in [3.05, 3.63) is 175 Å². The quantitative estimate of drug-likeness (QED) is 0.114. The van der Waals surface area contributed by atoms with E-state index < -0.39 is 0 Å². The first kappa shape index (κ1) is 37.2. The van der Waals surface area contributed by atoms with Gasteiger partial charge in [0.25, 0.3) is 0 Å². The Morgan fingerprint density at radius 1 is 0.480 bits per heavy atom. The second-order valence-electron chi connectivity index (χ2n) is 11.1. The fraction of sp³-hybridized carbons (Fsp3) is 0.119. The van der Waals surface area contributed by atoms with Crippen LogP contribution in [0.15, 0.2) is 159 Å². The van der Waals surface area contributed by atoms with Crippen LogP contribution in [-0.2, 0) is 26.0 Å². The van der Waals surface area contributed by atoms with E-state index in [0.717, 1.165) is 46.3 Å². The maximum Gasteiger partial charge on any atom is 0.169 e. The largest absolute Gasteiger partial charge is 0.255 e. The second-order valence-corrected chi connectivity index (χ2v) is 11.1. The molecular weight excluding hydrogens is 704 g/mol. The topological polar surface area (TPSA) is 81.2 Å². The molecule has 7 aromatic rings. The summed E-state index contributed by atoms with van der Waals surface area (Å²) in [6.45, 7) is 5.36. The van der Waals surface area contributed by atoms with Gasteiger partial charge in [-0.25, -0.2) is 4.57 Å². The number of hydrogen-bond donors (Lipinski definition) is 0. The molecule has 50 heavy (non-hydrogen) atoms. The number of unbranched alkanes of at least 4 members (excludes halogenated alkanes) is 1. The minimum absolute atomic E-state index is 0. The van der Waals surface area contributed by atoms with Gasteiger partial charge in [-0.2, -0.15) is 0 Å². The van der Waals surface area contributed by atoms with Crippen molar-refractivity contribution in [3.63, 3.8) is 0 Å². The van der Waals surface area contributed by atoms with Gasteiger partial charge in [-0.3, -0.25) is 29.9 Å². The molecule has 0 unspecified atom stereocenters. The fourth-order valence-corrected chi connectivity index (χ4v) is 4.69. The van der Waals surface area contributed by atoms with E-state index in [1.807, 2.05) is 97.3 Å². The van der Waals surface area contributed by atoms with Crippen molar-refractivity contribution in [2.24, 2.45) is 0 Å². The number of aryl methyl sites for hydroxylation is 2. The molecule has 0 aliphatic heterocycles. The van der Waals surface area contributed by atoms with Crippen molar-refractivity contribution in [2.45, 2.75) is 33.2 Å². The Labute approximate surface area is 307 Å². The van der Waals surface area contributed by atoms with Crippen molar-refractivity contribution in [2.75, 3.05) is 0 Å². The van der Waals surface area contributed by atoms with Gasteiger partial charge in [-0.15, -0.1) is 0 Å². The summed E-state index contributed by atoms with van der Waals surface area (Å²) >= 11 is 0. The van der Waals surface area contributed by atoms with Crippen LogP contribution in [0.1, 0.15) is 36.5 Å². The minimum atomic E-state index is 0. The molecule has 0 spiro atoms. The molecule has 0 amide bonds. The van der Waals surface area contributed by atoms with E-state index in [1.165, 1.54) is 24.0 Å². The molecule has 7 rings (SSSR count). The molecule has 0 atom stereocenters. The maximum atomic E-state index is 4.45. The third-order valence-electron chi connectivity index (χ3n) is 7.30. The predicted molar refractivity (Wildman–Crippen MR) is 198 cm³/mol. The first-order valence-electron chi connectivity index (χ1n) is 16.4. The minimum Gasteiger partial charge on any atom is -0.255 e. The Balaban J connectivity index is 0.000000187. The van der Waals surface area contributed by atoms with Gasteiger partial charge in [0, 0.05) is 75.2 Å². The summed E-state index contributed by atoms with van der Waals surface area (Å²) in [4.78, 5) is 25.6. The van der Waals surface area contributed by atoms with Crippen LogP contribution in [0.4, 0.5) is 0 Å². The zero-order chi connectivity index (χ0) is 33.9. The molecule has 0 N–H and O–H groups in total. The molecule has 250 valence electrons. The predicted octanol–water partition coefficient (Wildman–Crippen LogP) is 8.99. The Hall–Kier alpha value is -5.59. The summed E-state index contributed by atoms with van der Waals surface area (Å²) in [5.74, 6) is 0. The van der Waals surface area contributed by atoms with Crippen LogP contribution in [0.3, 0.4) is 0 Å². The normalized spacial score (nSPS) is 10.2. The average molecular weight is 744 g/mol. The zero-order valence-corrected chi connectivity index (χ0v) is 30.0. The maximum absolute atomic E-state index is 4.45. The number of aromatic nitrogens is 7. The van der Waals surface area contributed by atoms with Gasteiger partial charge in [0.15, 0.2) is 12.4 Å². The molecule has 0 aliphatic rings. The molecule has 7 heterocycles. The third-order valence-corrected chi connectivity index (χ3v) is 7.30. The summed E-state index contributed by atoms with van der Waals surface area (Å²) in [6, 6.07) is 35.6. The Morgan fingerprint density at radius 2 is 0.920 bits per heavy atom. The number of pyridine rings is 7. The van der Waals surface area contributed by atoms with Crippen LogP contribution in [0.25, 0.3) is 46.3 Å². The molecule has 7 aromatic heterocycles. The smallest absolute Gasteiger partial charge is 0.169 e. The molecule has 0 saturated carbocycles. The van der Waals surface area contributed by atoms with E-state index in [0.29, 0.717) is 0 Å². The van der Waals surface area contributed by atoms with Crippen LogP contribution in [0.2, 0.25) is 0 Å². The summed E-state index contributed by atoms with van der Waals surface area (Å²) in [6.07, 6.45) is 21.7.